The first-order valence-electron chi connectivity index (χ1n) is 6.07. The minimum atomic E-state index is 0.195. The Labute approximate surface area is 91.4 Å². The fourth-order valence-corrected chi connectivity index (χ4v) is 2.42. The molecule has 0 aromatic heterocycles. The Morgan fingerprint density at radius 1 is 1.00 bits per heavy atom. The summed E-state index contributed by atoms with van der Waals surface area (Å²) in [4.78, 5) is 16.0. The molecule has 2 fully saturated rings. The molecule has 0 bridgehead atoms. The van der Waals surface area contributed by atoms with E-state index in [0.29, 0.717) is 0 Å². The predicted molar refractivity (Wildman–Crippen MR) is 59.6 cm³/mol. The van der Waals surface area contributed by atoms with Gasteiger partial charge < -0.3 is 15.5 Å². The normalized spacial score (nSPS) is 27.9. The fourth-order valence-electron chi connectivity index (χ4n) is 2.42. The lowest BCUT2D eigenvalue weighted by Crippen LogP contribution is -2.43. The number of urea groups is 1. The highest BCUT2D eigenvalue weighted by Gasteiger charge is 2.27. The summed E-state index contributed by atoms with van der Waals surface area (Å²) >= 11 is 0. The summed E-state index contributed by atoms with van der Waals surface area (Å²) < 4.78 is 0. The van der Waals surface area contributed by atoms with Gasteiger partial charge in [-0.2, -0.15) is 0 Å². The SMILES string of the molecule is N[C@H]1CCN(C(=O)N2CCCCCC2)C1. The molecular formula is C11H21N3O. The van der Waals surface area contributed by atoms with E-state index >= 15 is 0 Å². The zero-order valence-electron chi connectivity index (χ0n) is 9.32. The molecule has 2 aliphatic heterocycles. The van der Waals surface area contributed by atoms with E-state index in [4.69, 9.17) is 5.73 Å². The maximum absolute atomic E-state index is 12.1. The minimum Gasteiger partial charge on any atom is -0.326 e. The van der Waals surface area contributed by atoms with Crippen LogP contribution >= 0.6 is 0 Å². The Morgan fingerprint density at radius 2 is 1.67 bits per heavy atom. The molecule has 86 valence electrons. The molecule has 2 heterocycles. The molecule has 0 unspecified atom stereocenters. The van der Waals surface area contributed by atoms with E-state index in [-0.39, 0.29) is 12.1 Å². The van der Waals surface area contributed by atoms with E-state index < -0.39 is 0 Å². The molecule has 0 spiro atoms. The number of hydrogen-bond donors (Lipinski definition) is 1. The summed E-state index contributed by atoms with van der Waals surface area (Å²) in [6, 6.07) is 0.408. The molecule has 1 atom stereocenters. The van der Waals surface area contributed by atoms with Gasteiger partial charge in [0.15, 0.2) is 0 Å². The van der Waals surface area contributed by atoms with Crippen LogP contribution in [-0.2, 0) is 0 Å². The van der Waals surface area contributed by atoms with Crippen molar-refractivity contribution in [3.8, 4) is 0 Å². The lowest BCUT2D eigenvalue weighted by Gasteiger charge is -2.26. The van der Waals surface area contributed by atoms with Crippen LogP contribution < -0.4 is 5.73 Å². The van der Waals surface area contributed by atoms with Crippen LogP contribution in [-0.4, -0.2) is 48.1 Å². The third-order valence-electron chi connectivity index (χ3n) is 3.37. The van der Waals surface area contributed by atoms with Gasteiger partial charge in [0, 0.05) is 32.2 Å². The van der Waals surface area contributed by atoms with E-state index in [2.05, 4.69) is 0 Å². The summed E-state index contributed by atoms with van der Waals surface area (Å²) in [7, 11) is 0. The average molecular weight is 211 g/mol. The highest BCUT2D eigenvalue weighted by molar-refractivity contribution is 5.74. The molecule has 2 aliphatic rings. The Morgan fingerprint density at radius 3 is 2.20 bits per heavy atom. The average Bonchev–Trinajstić information content (AvgIpc) is 2.53. The topological polar surface area (TPSA) is 49.6 Å². The van der Waals surface area contributed by atoms with Crippen LogP contribution in [0.2, 0.25) is 0 Å². The van der Waals surface area contributed by atoms with E-state index in [1.165, 1.54) is 12.8 Å². The molecular weight excluding hydrogens is 190 g/mol. The van der Waals surface area contributed by atoms with Crippen molar-refractivity contribution >= 4 is 6.03 Å². The lowest BCUT2D eigenvalue weighted by molar-refractivity contribution is 0.164. The first-order chi connectivity index (χ1) is 7.27. The molecule has 0 aromatic carbocycles. The van der Waals surface area contributed by atoms with Gasteiger partial charge in [0.05, 0.1) is 0 Å². The van der Waals surface area contributed by atoms with Crippen LogP contribution in [0.1, 0.15) is 32.1 Å². The molecule has 4 nitrogen and oxygen atoms in total. The number of nitrogens with two attached hydrogens (primary N) is 1. The number of hydrogen-bond acceptors (Lipinski definition) is 2. The third-order valence-corrected chi connectivity index (χ3v) is 3.37. The molecule has 15 heavy (non-hydrogen) atoms. The summed E-state index contributed by atoms with van der Waals surface area (Å²) in [6.07, 6.45) is 5.81. The Balaban J connectivity index is 1.88. The molecule has 0 aliphatic carbocycles. The monoisotopic (exact) mass is 211 g/mol. The smallest absolute Gasteiger partial charge is 0.320 e. The zero-order chi connectivity index (χ0) is 10.7. The van der Waals surface area contributed by atoms with Crippen molar-refractivity contribution in [3.63, 3.8) is 0 Å². The molecule has 0 radical (unpaired) electrons. The quantitative estimate of drug-likeness (QED) is 0.650. The van der Waals surface area contributed by atoms with Crippen LogP contribution in [0.3, 0.4) is 0 Å². The van der Waals surface area contributed by atoms with Crippen LogP contribution in [0.4, 0.5) is 4.79 Å². The Kier molecular flexibility index (Phi) is 3.46. The minimum absolute atomic E-state index is 0.195. The lowest BCUT2D eigenvalue weighted by atomic mass is 10.2. The van der Waals surface area contributed by atoms with Crippen LogP contribution in [0.5, 0.6) is 0 Å². The first kappa shape index (κ1) is 10.7. The third kappa shape index (κ3) is 2.62. The van der Waals surface area contributed by atoms with Gasteiger partial charge in [0.25, 0.3) is 0 Å². The van der Waals surface area contributed by atoms with Crippen molar-refractivity contribution in [1.29, 1.82) is 0 Å². The number of carbonyl (C=O) groups excluding carboxylic acids is 1. The second kappa shape index (κ2) is 4.84. The van der Waals surface area contributed by atoms with Crippen LogP contribution in [0.15, 0.2) is 0 Å². The van der Waals surface area contributed by atoms with Gasteiger partial charge in [0.2, 0.25) is 0 Å². The van der Waals surface area contributed by atoms with E-state index in [0.717, 1.165) is 45.4 Å². The molecule has 4 heteroatoms. The van der Waals surface area contributed by atoms with E-state index in [1.54, 1.807) is 0 Å². The van der Waals surface area contributed by atoms with Gasteiger partial charge >= 0.3 is 6.03 Å². The summed E-state index contributed by atoms with van der Waals surface area (Å²) in [5, 5.41) is 0. The van der Waals surface area contributed by atoms with Crippen molar-refractivity contribution in [2.45, 2.75) is 38.1 Å². The van der Waals surface area contributed by atoms with Crippen LogP contribution in [0, 0.1) is 0 Å². The second-order valence-electron chi connectivity index (χ2n) is 4.68. The van der Waals surface area contributed by atoms with E-state index in [9.17, 15) is 4.79 Å². The molecule has 2 amide bonds. The number of carbonyl (C=O) groups is 1. The zero-order valence-corrected chi connectivity index (χ0v) is 9.32. The molecule has 2 rings (SSSR count). The highest BCUT2D eigenvalue weighted by atomic mass is 16.2. The standard InChI is InChI=1S/C11H21N3O/c12-10-5-8-14(9-10)11(15)13-6-3-1-2-4-7-13/h10H,1-9,12H2/t10-/m0/s1. The van der Waals surface area contributed by atoms with Crippen LogP contribution in [0.25, 0.3) is 0 Å². The van der Waals surface area contributed by atoms with Gasteiger partial charge in [-0.3, -0.25) is 0 Å². The largest absolute Gasteiger partial charge is 0.326 e. The summed E-state index contributed by atoms with van der Waals surface area (Å²) in [5.41, 5.74) is 5.81. The predicted octanol–water partition coefficient (Wildman–Crippen LogP) is 1.02. The summed E-state index contributed by atoms with van der Waals surface area (Å²) in [5.74, 6) is 0. The highest BCUT2D eigenvalue weighted by Crippen LogP contribution is 2.14. The molecule has 2 N–H and O–H groups in total. The van der Waals surface area contributed by atoms with Crippen molar-refractivity contribution < 1.29 is 4.79 Å². The Hall–Kier alpha value is -0.770. The van der Waals surface area contributed by atoms with E-state index in [1.807, 2.05) is 9.80 Å². The van der Waals surface area contributed by atoms with Gasteiger partial charge in [-0.15, -0.1) is 0 Å². The van der Waals surface area contributed by atoms with Crippen molar-refractivity contribution in [2.24, 2.45) is 5.73 Å². The Bertz CT molecular complexity index is 224. The van der Waals surface area contributed by atoms with Crippen molar-refractivity contribution in [3.05, 3.63) is 0 Å². The maximum Gasteiger partial charge on any atom is 0.320 e. The second-order valence-corrected chi connectivity index (χ2v) is 4.68. The fraction of sp³-hybridized carbons (Fsp3) is 0.909. The first-order valence-corrected chi connectivity index (χ1v) is 6.07. The van der Waals surface area contributed by atoms with Crippen molar-refractivity contribution in [1.82, 2.24) is 9.80 Å². The van der Waals surface area contributed by atoms with Gasteiger partial charge in [-0.1, -0.05) is 12.8 Å². The van der Waals surface area contributed by atoms with Gasteiger partial charge in [0.1, 0.15) is 0 Å². The molecule has 0 aromatic rings. The number of nitrogens with zero attached hydrogens (tertiary/aromatic N) is 2. The molecule has 2 saturated heterocycles. The van der Waals surface area contributed by atoms with Crippen molar-refractivity contribution in [2.75, 3.05) is 26.2 Å². The maximum atomic E-state index is 12.1. The number of rotatable bonds is 0. The number of likely N-dealkylation sites (tertiary alicyclic amines) is 2. The number of amides is 2. The summed E-state index contributed by atoms with van der Waals surface area (Å²) in [6.45, 7) is 3.46. The molecule has 0 saturated carbocycles. The van der Waals surface area contributed by atoms with Gasteiger partial charge in [-0.25, -0.2) is 4.79 Å². The van der Waals surface area contributed by atoms with Gasteiger partial charge in [-0.05, 0) is 19.3 Å².